The van der Waals surface area contributed by atoms with E-state index in [9.17, 15) is 4.79 Å². The summed E-state index contributed by atoms with van der Waals surface area (Å²) in [7, 11) is 0. The molecule has 1 atom stereocenters. The van der Waals surface area contributed by atoms with Crippen molar-refractivity contribution in [3.05, 3.63) is 35.4 Å². The predicted octanol–water partition coefficient (Wildman–Crippen LogP) is 1.23. The van der Waals surface area contributed by atoms with Crippen molar-refractivity contribution in [2.75, 3.05) is 0 Å². The Kier molecular flexibility index (Phi) is 3.24. The quantitative estimate of drug-likeness (QED) is 0.513. The number of aliphatic hydroxyl groups is 1. The van der Waals surface area contributed by atoms with Crippen molar-refractivity contribution in [1.29, 1.82) is 0 Å². The fourth-order valence-electron chi connectivity index (χ4n) is 0.878. The molecule has 0 fully saturated rings. The first-order valence-corrected chi connectivity index (χ1v) is 3.97. The summed E-state index contributed by atoms with van der Waals surface area (Å²) in [5.74, 6) is 5.36. The fourth-order valence-corrected chi connectivity index (χ4v) is 0.878. The van der Waals surface area contributed by atoms with Crippen molar-refractivity contribution in [3.8, 4) is 11.8 Å². The van der Waals surface area contributed by atoms with Crippen LogP contribution < -0.4 is 0 Å². The zero-order valence-corrected chi connectivity index (χ0v) is 7.32. The van der Waals surface area contributed by atoms with Crippen molar-refractivity contribution >= 4 is 6.29 Å². The lowest BCUT2D eigenvalue weighted by Crippen LogP contribution is -1.92. The van der Waals surface area contributed by atoms with Gasteiger partial charge in [0.1, 0.15) is 12.4 Å². The second kappa shape index (κ2) is 4.44. The summed E-state index contributed by atoms with van der Waals surface area (Å²) in [6, 6.07) is 6.95. The molecule has 1 N–H and O–H groups in total. The van der Waals surface area contributed by atoms with Crippen LogP contribution in [0.4, 0.5) is 0 Å². The Labute approximate surface area is 77.2 Å². The maximum Gasteiger partial charge on any atom is 0.150 e. The first-order valence-electron chi connectivity index (χ1n) is 3.97. The van der Waals surface area contributed by atoms with E-state index in [1.54, 1.807) is 31.2 Å². The van der Waals surface area contributed by atoms with Crippen LogP contribution in [0.1, 0.15) is 22.8 Å². The highest BCUT2D eigenvalue weighted by Gasteiger charge is 1.90. The largest absolute Gasteiger partial charge is 0.381 e. The number of benzene rings is 1. The first kappa shape index (κ1) is 9.50. The van der Waals surface area contributed by atoms with E-state index in [1.165, 1.54) is 0 Å². The second-order valence-corrected chi connectivity index (χ2v) is 2.69. The van der Waals surface area contributed by atoms with Gasteiger partial charge in [0.25, 0.3) is 0 Å². The van der Waals surface area contributed by atoms with E-state index in [1.807, 2.05) is 0 Å². The SMILES string of the molecule is CC(O)C#Cc1cccc(C=O)c1. The maximum atomic E-state index is 10.4. The lowest BCUT2D eigenvalue weighted by molar-refractivity contribution is 0.112. The van der Waals surface area contributed by atoms with E-state index in [0.29, 0.717) is 5.56 Å². The number of aliphatic hydroxyl groups excluding tert-OH is 1. The molecule has 0 aliphatic carbocycles. The average molecular weight is 174 g/mol. The van der Waals surface area contributed by atoms with Gasteiger partial charge in [0.2, 0.25) is 0 Å². The van der Waals surface area contributed by atoms with Gasteiger partial charge in [-0.3, -0.25) is 4.79 Å². The molecule has 0 amide bonds. The van der Waals surface area contributed by atoms with E-state index in [-0.39, 0.29) is 0 Å². The van der Waals surface area contributed by atoms with Crippen LogP contribution in [0, 0.1) is 11.8 Å². The number of aldehydes is 1. The Morgan fingerprint density at radius 2 is 2.31 bits per heavy atom. The Balaban J connectivity index is 2.91. The van der Waals surface area contributed by atoms with Crippen molar-refractivity contribution < 1.29 is 9.90 Å². The van der Waals surface area contributed by atoms with Crippen molar-refractivity contribution in [2.24, 2.45) is 0 Å². The van der Waals surface area contributed by atoms with Gasteiger partial charge in [0.15, 0.2) is 0 Å². The van der Waals surface area contributed by atoms with E-state index >= 15 is 0 Å². The molecule has 0 saturated heterocycles. The number of carbonyl (C=O) groups is 1. The van der Waals surface area contributed by atoms with Crippen molar-refractivity contribution in [1.82, 2.24) is 0 Å². The Morgan fingerprint density at radius 1 is 1.54 bits per heavy atom. The van der Waals surface area contributed by atoms with Gasteiger partial charge in [-0.1, -0.05) is 24.0 Å². The van der Waals surface area contributed by atoms with Crippen LogP contribution in [0.5, 0.6) is 0 Å². The van der Waals surface area contributed by atoms with Gasteiger partial charge in [-0.25, -0.2) is 0 Å². The van der Waals surface area contributed by atoms with Gasteiger partial charge in [-0.2, -0.15) is 0 Å². The molecule has 1 unspecified atom stereocenters. The summed E-state index contributed by atoms with van der Waals surface area (Å²) in [5, 5.41) is 8.90. The molecule has 0 spiro atoms. The molecule has 2 heteroatoms. The average Bonchev–Trinajstić information content (AvgIpc) is 2.15. The van der Waals surface area contributed by atoms with E-state index in [4.69, 9.17) is 5.11 Å². The maximum absolute atomic E-state index is 10.4. The van der Waals surface area contributed by atoms with E-state index in [2.05, 4.69) is 11.8 Å². The summed E-state index contributed by atoms with van der Waals surface area (Å²) in [6.45, 7) is 1.59. The number of carbonyl (C=O) groups excluding carboxylic acids is 1. The van der Waals surface area contributed by atoms with Gasteiger partial charge >= 0.3 is 0 Å². The minimum atomic E-state index is -0.639. The zero-order chi connectivity index (χ0) is 9.68. The molecule has 0 aliphatic heterocycles. The molecular weight excluding hydrogens is 164 g/mol. The van der Waals surface area contributed by atoms with Crippen LogP contribution in [0.15, 0.2) is 24.3 Å². The lowest BCUT2D eigenvalue weighted by Gasteiger charge is -1.92. The number of hydrogen-bond donors (Lipinski definition) is 1. The molecule has 1 aromatic carbocycles. The summed E-state index contributed by atoms with van der Waals surface area (Å²) in [6.07, 6.45) is 0.132. The molecule has 0 aliphatic rings. The fraction of sp³-hybridized carbons (Fsp3) is 0.182. The summed E-state index contributed by atoms with van der Waals surface area (Å²) >= 11 is 0. The second-order valence-electron chi connectivity index (χ2n) is 2.69. The molecule has 0 aromatic heterocycles. The molecule has 0 bridgehead atoms. The van der Waals surface area contributed by atoms with Crippen LogP contribution in [-0.2, 0) is 0 Å². The molecule has 1 aromatic rings. The number of hydrogen-bond acceptors (Lipinski definition) is 2. The van der Waals surface area contributed by atoms with Crippen LogP contribution in [0.25, 0.3) is 0 Å². The lowest BCUT2D eigenvalue weighted by atomic mass is 10.1. The molecule has 1 rings (SSSR count). The van der Waals surface area contributed by atoms with Gasteiger partial charge in [0.05, 0.1) is 0 Å². The zero-order valence-electron chi connectivity index (χ0n) is 7.32. The Bertz CT molecular complexity index is 356. The third kappa shape index (κ3) is 3.10. The third-order valence-corrected chi connectivity index (χ3v) is 1.45. The Morgan fingerprint density at radius 3 is 2.92 bits per heavy atom. The van der Waals surface area contributed by atoms with Gasteiger partial charge in [0, 0.05) is 11.1 Å². The van der Waals surface area contributed by atoms with Crippen molar-refractivity contribution in [3.63, 3.8) is 0 Å². The van der Waals surface area contributed by atoms with Crippen LogP contribution in [0.3, 0.4) is 0 Å². The summed E-state index contributed by atoms with van der Waals surface area (Å²) < 4.78 is 0. The molecular formula is C11H10O2. The van der Waals surface area contributed by atoms with Gasteiger partial charge in [-0.15, -0.1) is 0 Å². The molecule has 0 saturated carbocycles. The highest BCUT2D eigenvalue weighted by Crippen LogP contribution is 2.01. The highest BCUT2D eigenvalue weighted by molar-refractivity contribution is 5.75. The van der Waals surface area contributed by atoms with Crippen LogP contribution >= 0.6 is 0 Å². The van der Waals surface area contributed by atoms with Gasteiger partial charge in [-0.05, 0) is 19.1 Å². The van der Waals surface area contributed by atoms with E-state index < -0.39 is 6.10 Å². The minimum absolute atomic E-state index is 0.595. The highest BCUT2D eigenvalue weighted by atomic mass is 16.3. The Hall–Kier alpha value is -1.59. The standard InChI is InChI=1S/C11H10O2/c1-9(13)5-6-10-3-2-4-11(7-10)8-12/h2-4,7-9,13H,1H3. The van der Waals surface area contributed by atoms with Crippen molar-refractivity contribution in [2.45, 2.75) is 13.0 Å². The predicted molar refractivity (Wildman–Crippen MR) is 50.4 cm³/mol. The minimum Gasteiger partial charge on any atom is -0.381 e. The van der Waals surface area contributed by atoms with Crippen LogP contribution in [0.2, 0.25) is 0 Å². The number of rotatable bonds is 1. The molecule has 66 valence electrons. The van der Waals surface area contributed by atoms with Crippen LogP contribution in [-0.4, -0.2) is 17.5 Å². The normalized spacial score (nSPS) is 11.2. The molecule has 13 heavy (non-hydrogen) atoms. The topological polar surface area (TPSA) is 37.3 Å². The smallest absolute Gasteiger partial charge is 0.150 e. The summed E-state index contributed by atoms with van der Waals surface area (Å²) in [5.41, 5.74) is 1.34. The summed E-state index contributed by atoms with van der Waals surface area (Å²) in [4.78, 5) is 10.4. The first-order chi connectivity index (χ1) is 6.22. The molecule has 0 heterocycles. The van der Waals surface area contributed by atoms with Gasteiger partial charge < -0.3 is 5.11 Å². The third-order valence-electron chi connectivity index (χ3n) is 1.45. The monoisotopic (exact) mass is 174 g/mol. The van der Waals surface area contributed by atoms with E-state index in [0.717, 1.165) is 11.8 Å². The molecule has 0 radical (unpaired) electrons. The molecule has 2 nitrogen and oxygen atoms in total.